The van der Waals surface area contributed by atoms with Crippen LogP contribution < -0.4 is 10.6 Å². The van der Waals surface area contributed by atoms with Gasteiger partial charge in [-0.15, -0.1) is 0 Å². The zero-order valence-electron chi connectivity index (χ0n) is 14.2. The number of aromatic nitrogens is 2. The summed E-state index contributed by atoms with van der Waals surface area (Å²) >= 11 is 1.07. The number of hydrogen-bond acceptors (Lipinski definition) is 7. The third-order valence-corrected chi connectivity index (χ3v) is 4.82. The van der Waals surface area contributed by atoms with E-state index < -0.39 is 11.8 Å². The molecule has 2 amide bonds. The molecule has 2 N–H and O–H groups in total. The summed E-state index contributed by atoms with van der Waals surface area (Å²) in [6.45, 7) is 5.67. The molecule has 8 nitrogen and oxygen atoms in total. The number of piperazine rings is 1. The monoisotopic (exact) mass is 362 g/mol. The minimum absolute atomic E-state index is 0.487. The lowest BCUT2D eigenvalue weighted by atomic mass is 10.2. The molecule has 1 aromatic heterocycles. The quantitative estimate of drug-likeness (QED) is 0.590. The molecule has 1 aliphatic rings. The van der Waals surface area contributed by atoms with Crippen LogP contribution in [0.25, 0.3) is 11.0 Å². The number of carbonyl (C=O) groups excluding carboxylic acids is 2. The Balaban J connectivity index is 1.41. The summed E-state index contributed by atoms with van der Waals surface area (Å²) < 4.78 is 8.25. The van der Waals surface area contributed by atoms with Gasteiger partial charge < -0.3 is 20.4 Å². The average Bonchev–Trinajstić information content (AvgIpc) is 3.10. The molecule has 0 unspecified atom stereocenters. The molecular weight excluding hydrogens is 340 g/mol. The zero-order valence-corrected chi connectivity index (χ0v) is 15.0. The molecule has 3 rings (SSSR count). The number of fused-ring (bicyclic) bond motifs is 1. The fraction of sp³-hybridized carbons (Fsp3) is 0.500. The second-order valence-electron chi connectivity index (χ2n) is 6.15. The van der Waals surface area contributed by atoms with Crippen molar-refractivity contribution in [1.29, 1.82) is 0 Å². The van der Waals surface area contributed by atoms with E-state index in [1.807, 2.05) is 6.07 Å². The van der Waals surface area contributed by atoms with E-state index in [4.69, 9.17) is 0 Å². The zero-order chi connectivity index (χ0) is 17.6. The van der Waals surface area contributed by atoms with Gasteiger partial charge in [0.25, 0.3) is 0 Å². The van der Waals surface area contributed by atoms with Crippen LogP contribution in [0.1, 0.15) is 6.42 Å². The Hall–Kier alpha value is -2.10. The molecule has 0 saturated carbocycles. The minimum atomic E-state index is -0.680. The summed E-state index contributed by atoms with van der Waals surface area (Å²) in [7, 11) is 2.12. The van der Waals surface area contributed by atoms with Crippen molar-refractivity contribution in [1.82, 2.24) is 23.9 Å². The Kier molecular flexibility index (Phi) is 5.90. The average molecular weight is 362 g/mol. The van der Waals surface area contributed by atoms with Gasteiger partial charge in [-0.05, 0) is 32.1 Å². The predicted molar refractivity (Wildman–Crippen MR) is 97.6 cm³/mol. The van der Waals surface area contributed by atoms with Gasteiger partial charge in [0, 0.05) is 32.7 Å². The number of rotatable bonds is 5. The standard InChI is InChI=1S/C16H22N6O2S/c1-21-8-10-22(11-9-21)7-3-6-17-15(23)16(24)18-12-4-2-5-13-14(12)20-25-19-13/h2,4-5H,3,6-11H2,1H3,(H,17,23)(H,18,24). The van der Waals surface area contributed by atoms with Crippen molar-refractivity contribution in [2.45, 2.75) is 6.42 Å². The van der Waals surface area contributed by atoms with E-state index in [9.17, 15) is 9.59 Å². The second-order valence-corrected chi connectivity index (χ2v) is 6.67. The topological polar surface area (TPSA) is 90.5 Å². The molecule has 9 heteroatoms. The molecule has 0 atom stereocenters. The highest BCUT2D eigenvalue weighted by Gasteiger charge is 2.16. The smallest absolute Gasteiger partial charge is 0.313 e. The van der Waals surface area contributed by atoms with E-state index in [-0.39, 0.29) is 0 Å². The molecule has 1 saturated heterocycles. The Bertz CT molecular complexity index is 741. The lowest BCUT2D eigenvalue weighted by Gasteiger charge is -2.32. The Labute approximate surface area is 150 Å². The Morgan fingerprint density at radius 2 is 1.96 bits per heavy atom. The van der Waals surface area contributed by atoms with Gasteiger partial charge in [-0.1, -0.05) is 6.07 Å². The Morgan fingerprint density at radius 3 is 2.76 bits per heavy atom. The molecular formula is C16H22N6O2S. The van der Waals surface area contributed by atoms with E-state index in [0.29, 0.717) is 23.3 Å². The number of hydrogen-bond donors (Lipinski definition) is 2. The van der Waals surface area contributed by atoms with Gasteiger partial charge in [-0.25, -0.2) is 0 Å². The fourth-order valence-electron chi connectivity index (χ4n) is 2.74. The molecule has 1 aromatic carbocycles. The molecule has 0 radical (unpaired) electrons. The molecule has 134 valence electrons. The van der Waals surface area contributed by atoms with Crippen molar-refractivity contribution >= 4 is 40.3 Å². The third-order valence-electron chi connectivity index (χ3n) is 4.27. The lowest BCUT2D eigenvalue weighted by molar-refractivity contribution is -0.136. The van der Waals surface area contributed by atoms with Crippen molar-refractivity contribution in [3.05, 3.63) is 18.2 Å². The predicted octanol–water partition coefficient (Wildman–Crippen LogP) is 0.383. The first kappa shape index (κ1) is 17.7. The second kappa shape index (κ2) is 8.32. The first-order valence-electron chi connectivity index (χ1n) is 8.35. The highest BCUT2D eigenvalue weighted by molar-refractivity contribution is 7.00. The molecule has 0 bridgehead atoms. The number of nitrogens with zero attached hydrogens (tertiary/aromatic N) is 4. The normalized spacial score (nSPS) is 16.0. The van der Waals surface area contributed by atoms with Crippen LogP contribution in [0.4, 0.5) is 5.69 Å². The minimum Gasteiger partial charge on any atom is -0.348 e. The maximum Gasteiger partial charge on any atom is 0.313 e. The number of anilines is 1. The van der Waals surface area contributed by atoms with Crippen molar-refractivity contribution < 1.29 is 9.59 Å². The van der Waals surface area contributed by atoms with Crippen LogP contribution in [0, 0.1) is 0 Å². The first-order valence-corrected chi connectivity index (χ1v) is 9.08. The van der Waals surface area contributed by atoms with Gasteiger partial charge in [0.05, 0.1) is 17.4 Å². The van der Waals surface area contributed by atoms with Gasteiger partial charge in [-0.2, -0.15) is 8.75 Å². The molecule has 0 spiro atoms. The van der Waals surface area contributed by atoms with Gasteiger partial charge in [0.1, 0.15) is 11.0 Å². The Morgan fingerprint density at radius 1 is 1.16 bits per heavy atom. The van der Waals surface area contributed by atoms with Crippen LogP contribution in [0.15, 0.2) is 18.2 Å². The maximum atomic E-state index is 12.0. The molecule has 2 heterocycles. The fourth-order valence-corrected chi connectivity index (χ4v) is 3.29. The van der Waals surface area contributed by atoms with Crippen LogP contribution in [-0.2, 0) is 9.59 Å². The number of amides is 2. The van der Waals surface area contributed by atoms with E-state index in [0.717, 1.165) is 50.9 Å². The summed E-state index contributed by atoms with van der Waals surface area (Å²) in [6.07, 6.45) is 0.828. The summed E-state index contributed by atoms with van der Waals surface area (Å²) in [5, 5.41) is 5.27. The van der Waals surface area contributed by atoms with Crippen LogP contribution in [0.3, 0.4) is 0 Å². The van der Waals surface area contributed by atoms with Crippen molar-refractivity contribution in [3.8, 4) is 0 Å². The van der Waals surface area contributed by atoms with Gasteiger partial charge in [-0.3, -0.25) is 9.59 Å². The number of carbonyl (C=O) groups is 2. The van der Waals surface area contributed by atoms with Crippen LogP contribution in [0.2, 0.25) is 0 Å². The summed E-state index contributed by atoms with van der Waals surface area (Å²) in [5.41, 5.74) is 1.81. The first-order chi connectivity index (χ1) is 12.1. The van der Waals surface area contributed by atoms with Crippen molar-refractivity contribution in [3.63, 3.8) is 0 Å². The van der Waals surface area contributed by atoms with E-state index in [1.54, 1.807) is 12.1 Å². The third kappa shape index (κ3) is 4.71. The largest absolute Gasteiger partial charge is 0.348 e. The number of nitrogens with one attached hydrogen (secondary N) is 2. The highest BCUT2D eigenvalue weighted by Crippen LogP contribution is 2.20. The number of benzene rings is 1. The molecule has 25 heavy (non-hydrogen) atoms. The summed E-state index contributed by atoms with van der Waals surface area (Å²) in [4.78, 5) is 28.6. The van der Waals surface area contributed by atoms with Crippen LogP contribution >= 0.6 is 11.7 Å². The van der Waals surface area contributed by atoms with Gasteiger partial charge in [0.2, 0.25) is 0 Å². The highest BCUT2D eigenvalue weighted by atomic mass is 32.1. The SMILES string of the molecule is CN1CCN(CCCNC(=O)C(=O)Nc2cccc3nsnc23)CC1. The van der Waals surface area contributed by atoms with E-state index in [1.165, 1.54) is 0 Å². The van der Waals surface area contributed by atoms with E-state index >= 15 is 0 Å². The van der Waals surface area contributed by atoms with Crippen molar-refractivity contribution in [2.24, 2.45) is 0 Å². The molecule has 1 aliphatic heterocycles. The van der Waals surface area contributed by atoms with E-state index in [2.05, 4.69) is 36.2 Å². The molecule has 1 fully saturated rings. The summed E-state index contributed by atoms with van der Waals surface area (Å²) in [6, 6.07) is 5.29. The lowest BCUT2D eigenvalue weighted by Crippen LogP contribution is -2.45. The van der Waals surface area contributed by atoms with Crippen LogP contribution in [-0.4, -0.2) is 76.7 Å². The van der Waals surface area contributed by atoms with Gasteiger partial charge >= 0.3 is 11.8 Å². The van der Waals surface area contributed by atoms with Gasteiger partial charge in [0.15, 0.2) is 0 Å². The molecule has 2 aromatic rings. The van der Waals surface area contributed by atoms with Crippen molar-refractivity contribution in [2.75, 3.05) is 51.6 Å². The molecule has 0 aliphatic carbocycles. The maximum absolute atomic E-state index is 12.0. The number of likely N-dealkylation sites (N-methyl/N-ethyl adjacent to an activating group) is 1. The summed E-state index contributed by atoms with van der Waals surface area (Å²) in [5.74, 6) is -1.31. The van der Waals surface area contributed by atoms with Crippen LogP contribution in [0.5, 0.6) is 0 Å².